The zero-order chi connectivity index (χ0) is 32.3. The fourth-order valence-electron chi connectivity index (χ4n) is 3.87. The number of ether oxygens (including phenoxy) is 1. The van der Waals surface area contributed by atoms with Gasteiger partial charge in [0.05, 0.1) is 33.2 Å². The van der Waals surface area contributed by atoms with Gasteiger partial charge in [-0.05, 0) is 91.0 Å². The molecule has 0 bridgehead atoms. The van der Waals surface area contributed by atoms with Crippen molar-refractivity contribution >= 4 is 54.6 Å². The van der Waals surface area contributed by atoms with E-state index in [2.05, 4.69) is 5.32 Å². The number of amides is 1. The number of benzene rings is 4. The van der Waals surface area contributed by atoms with Crippen molar-refractivity contribution in [1.82, 2.24) is 0 Å². The Morgan fingerprint density at radius 3 is 1.98 bits per heavy atom. The lowest BCUT2D eigenvalue weighted by Gasteiger charge is -2.24. The van der Waals surface area contributed by atoms with Crippen LogP contribution in [0, 0.1) is 5.82 Å². The van der Waals surface area contributed by atoms with Gasteiger partial charge in [0.25, 0.3) is 20.0 Å². The van der Waals surface area contributed by atoms with E-state index in [1.54, 1.807) is 0 Å². The van der Waals surface area contributed by atoms with E-state index in [-0.39, 0.29) is 26.9 Å². The molecule has 4 aromatic carbocycles. The molecule has 0 fully saturated rings. The second kappa shape index (κ2) is 12.7. The highest BCUT2D eigenvalue weighted by Gasteiger charge is 2.34. The number of alkyl halides is 3. The number of nitrogens with zero attached hydrogens (tertiary/aromatic N) is 1. The summed E-state index contributed by atoms with van der Waals surface area (Å²) >= 11 is 5.58. The highest BCUT2D eigenvalue weighted by molar-refractivity contribution is 7.93. The number of halogens is 5. The smallest absolute Gasteiger partial charge is 0.417 e. The van der Waals surface area contributed by atoms with Gasteiger partial charge >= 0.3 is 6.18 Å². The van der Waals surface area contributed by atoms with Gasteiger partial charge in [0.15, 0.2) is 0 Å². The predicted octanol–water partition coefficient (Wildman–Crippen LogP) is 6.14. The zero-order valence-electron chi connectivity index (χ0n) is 22.5. The maximum Gasteiger partial charge on any atom is 0.417 e. The molecular weight excluding hydrogens is 650 g/mol. The monoisotopic (exact) mass is 671 g/mol. The predicted molar refractivity (Wildman–Crippen MR) is 156 cm³/mol. The molecule has 0 aliphatic carbocycles. The lowest BCUT2D eigenvalue weighted by Crippen LogP contribution is -2.38. The third kappa shape index (κ3) is 7.59. The molecule has 9 nitrogen and oxygen atoms in total. The van der Waals surface area contributed by atoms with E-state index < -0.39 is 55.1 Å². The van der Waals surface area contributed by atoms with Crippen molar-refractivity contribution in [3.8, 4) is 5.75 Å². The third-order valence-electron chi connectivity index (χ3n) is 6.02. The summed E-state index contributed by atoms with van der Waals surface area (Å²) in [4.78, 5) is 12.4. The number of rotatable bonds is 10. The minimum Gasteiger partial charge on any atom is -0.497 e. The molecule has 1 amide bonds. The maximum absolute atomic E-state index is 13.4. The summed E-state index contributed by atoms with van der Waals surface area (Å²) in [5, 5.41) is 1.87. The molecular formula is C28H22ClF4N3O6S2. The molecule has 0 saturated heterocycles. The Labute approximate surface area is 255 Å². The first-order valence-electron chi connectivity index (χ1n) is 12.3. The van der Waals surface area contributed by atoms with Gasteiger partial charge < -0.3 is 10.1 Å². The number of nitrogens with one attached hydrogen (secondary N) is 2. The molecule has 0 aliphatic heterocycles. The van der Waals surface area contributed by atoms with Crippen LogP contribution in [0.2, 0.25) is 5.02 Å². The van der Waals surface area contributed by atoms with E-state index in [9.17, 15) is 39.2 Å². The Morgan fingerprint density at radius 1 is 0.841 bits per heavy atom. The topological polar surface area (TPSA) is 122 Å². The van der Waals surface area contributed by atoms with E-state index in [0.29, 0.717) is 11.8 Å². The van der Waals surface area contributed by atoms with Crippen molar-refractivity contribution in [2.24, 2.45) is 0 Å². The van der Waals surface area contributed by atoms with E-state index in [1.807, 2.05) is 4.72 Å². The van der Waals surface area contributed by atoms with Crippen LogP contribution in [0.3, 0.4) is 0 Å². The lowest BCUT2D eigenvalue weighted by atomic mass is 10.2. The number of anilines is 3. The molecule has 0 aliphatic rings. The Kier molecular flexibility index (Phi) is 9.41. The number of carbonyl (C=O) groups is 1. The molecule has 0 atom stereocenters. The largest absolute Gasteiger partial charge is 0.497 e. The van der Waals surface area contributed by atoms with Crippen LogP contribution in [-0.2, 0) is 31.0 Å². The van der Waals surface area contributed by atoms with Gasteiger partial charge in [-0.2, -0.15) is 13.2 Å². The van der Waals surface area contributed by atoms with Crippen LogP contribution in [0.25, 0.3) is 0 Å². The average molecular weight is 672 g/mol. The minimum atomic E-state index is -4.81. The molecule has 16 heteroatoms. The molecule has 0 saturated carbocycles. The molecule has 0 heterocycles. The first-order chi connectivity index (χ1) is 20.6. The summed E-state index contributed by atoms with van der Waals surface area (Å²) < 4.78 is 113. The van der Waals surface area contributed by atoms with Gasteiger partial charge in [-0.3, -0.25) is 13.8 Å². The van der Waals surface area contributed by atoms with Crippen LogP contribution >= 0.6 is 11.6 Å². The normalized spacial score (nSPS) is 12.0. The fraction of sp³-hybridized carbons (Fsp3) is 0.107. The summed E-state index contributed by atoms with van der Waals surface area (Å²) in [6.07, 6.45) is -4.81. The van der Waals surface area contributed by atoms with Crippen LogP contribution < -0.4 is 19.1 Å². The molecule has 0 radical (unpaired) electrons. The Bertz CT molecular complexity index is 1870. The molecule has 0 spiro atoms. The zero-order valence-corrected chi connectivity index (χ0v) is 24.9. The SMILES string of the molecule is COc1ccc(N(CC(=O)Nc2ccc(S(=O)(=O)Nc3ccc(Cl)c(C(F)(F)F)c3)cc2)S(=O)(=O)c2ccc(F)cc2)cc1. The number of hydrogen-bond acceptors (Lipinski definition) is 6. The van der Waals surface area contributed by atoms with E-state index in [1.165, 1.54) is 43.5 Å². The van der Waals surface area contributed by atoms with Crippen LogP contribution in [0.5, 0.6) is 5.75 Å². The van der Waals surface area contributed by atoms with Crippen molar-refractivity contribution in [3.05, 3.63) is 107 Å². The number of hydrogen-bond donors (Lipinski definition) is 2. The molecule has 44 heavy (non-hydrogen) atoms. The standard InChI is InChI=1S/C28H22ClF4N3O6S2/c1-42-22-9-7-21(8-10-22)36(44(40,41)24-11-2-18(30)3-12-24)17-27(37)34-19-4-13-23(14-5-19)43(38,39)35-20-6-15-26(29)25(16-20)28(31,32)33/h2-16,35H,17H2,1H3,(H,34,37). The summed E-state index contributed by atoms with van der Waals surface area (Å²) in [7, 11) is -7.28. The molecule has 4 rings (SSSR count). The van der Waals surface area contributed by atoms with Gasteiger partial charge in [-0.15, -0.1) is 0 Å². The van der Waals surface area contributed by atoms with Crippen molar-refractivity contribution in [3.63, 3.8) is 0 Å². The summed E-state index contributed by atoms with van der Waals surface area (Å²) in [5.41, 5.74) is -1.40. The molecule has 232 valence electrons. The lowest BCUT2D eigenvalue weighted by molar-refractivity contribution is -0.137. The Balaban J connectivity index is 1.53. The molecule has 0 aromatic heterocycles. The van der Waals surface area contributed by atoms with Gasteiger partial charge in [0.1, 0.15) is 18.1 Å². The summed E-state index contributed by atoms with van der Waals surface area (Å²) in [5.74, 6) is -1.03. The summed E-state index contributed by atoms with van der Waals surface area (Å²) in [6.45, 7) is -0.717. The van der Waals surface area contributed by atoms with Crippen LogP contribution in [0.1, 0.15) is 5.56 Å². The first-order valence-corrected chi connectivity index (χ1v) is 15.6. The van der Waals surface area contributed by atoms with Gasteiger partial charge in [-0.1, -0.05) is 11.6 Å². The highest BCUT2D eigenvalue weighted by Crippen LogP contribution is 2.36. The second-order valence-electron chi connectivity index (χ2n) is 9.03. The highest BCUT2D eigenvalue weighted by atomic mass is 35.5. The number of methoxy groups -OCH3 is 1. The van der Waals surface area contributed by atoms with Crippen LogP contribution in [0.15, 0.2) is 101 Å². The Morgan fingerprint density at radius 2 is 1.41 bits per heavy atom. The van der Waals surface area contributed by atoms with E-state index >= 15 is 0 Å². The Hall–Kier alpha value is -4.34. The third-order valence-corrected chi connectivity index (χ3v) is 9.54. The van der Waals surface area contributed by atoms with Crippen LogP contribution in [-0.4, -0.2) is 36.4 Å². The number of carbonyl (C=O) groups excluding carboxylic acids is 1. The fourth-order valence-corrected chi connectivity index (χ4v) is 6.56. The van der Waals surface area contributed by atoms with Crippen molar-refractivity contribution in [2.75, 3.05) is 28.0 Å². The first kappa shape index (κ1) is 32.6. The van der Waals surface area contributed by atoms with Crippen molar-refractivity contribution in [2.45, 2.75) is 16.0 Å². The van der Waals surface area contributed by atoms with Crippen molar-refractivity contribution in [1.29, 1.82) is 0 Å². The number of sulfonamides is 2. The minimum absolute atomic E-state index is 0.0914. The quantitative estimate of drug-likeness (QED) is 0.195. The van der Waals surface area contributed by atoms with Gasteiger partial charge in [-0.25, -0.2) is 21.2 Å². The average Bonchev–Trinajstić information content (AvgIpc) is 2.97. The van der Waals surface area contributed by atoms with E-state index in [0.717, 1.165) is 52.8 Å². The summed E-state index contributed by atoms with van der Waals surface area (Å²) in [6, 6.07) is 17.0. The van der Waals surface area contributed by atoms with Crippen molar-refractivity contribution < 1.29 is 43.9 Å². The van der Waals surface area contributed by atoms with Gasteiger partial charge in [0.2, 0.25) is 5.91 Å². The molecule has 0 unspecified atom stereocenters. The van der Waals surface area contributed by atoms with Gasteiger partial charge in [0, 0.05) is 11.4 Å². The maximum atomic E-state index is 13.4. The second-order valence-corrected chi connectivity index (χ2v) is 13.0. The van der Waals surface area contributed by atoms with Crippen LogP contribution in [0.4, 0.5) is 34.6 Å². The van der Waals surface area contributed by atoms with E-state index in [4.69, 9.17) is 16.3 Å². The molecule has 2 N–H and O–H groups in total. The molecule has 4 aromatic rings.